The lowest BCUT2D eigenvalue weighted by Crippen LogP contribution is -1.94. The Morgan fingerprint density at radius 1 is 0.388 bits per heavy atom. The molecule has 0 N–H and O–H groups in total. The Labute approximate surface area is 283 Å². The number of nitrogens with zero attached hydrogens (tertiary/aromatic N) is 3. The van der Waals surface area contributed by atoms with Crippen LogP contribution in [0.25, 0.3) is 82.4 Å². The minimum atomic E-state index is 0.639. The van der Waals surface area contributed by atoms with Crippen LogP contribution < -0.4 is 0 Å². The van der Waals surface area contributed by atoms with Crippen molar-refractivity contribution >= 4 is 43.4 Å². The van der Waals surface area contributed by atoms with Crippen LogP contribution in [0.5, 0.6) is 0 Å². The Morgan fingerprint density at radius 3 is 1.61 bits per heavy atom. The van der Waals surface area contributed by atoms with Crippen LogP contribution >= 0.6 is 0 Å². The molecule has 1 aromatic heterocycles. The number of benzene rings is 8. The fourth-order valence-electron chi connectivity index (χ4n) is 7.49. The second-order valence-electron chi connectivity index (χ2n) is 12.3. The lowest BCUT2D eigenvalue weighted by Gasteiger charge is -2.18. The first kappa shape index (κ1) is 28.3. The van der Waals surface area contributed by atoms with Crippen molar-refractivity contribution in [3.8, 4) is 51.2 Å². The molecular formula is C46H27N3. The van der Waals surface area contributed by atoms with Gasteiger partial charge in [0, 0.05) is 22.0 Å². The number of fused-ring (bicyclic) bond motifs is 5. The SMILES string of the molecule is N#Cc1ccc2c(c1)c1ccccc1n2-c1ccc(-c2ccc(-c3c4ccccc4c(-c4ccccc4)c4ccccc34)c(C#N)c2)cc1. The van der Waals surface area contributed by atoms with Gasteiger partial charge in [-0.2, -0.15) is 10.5 Å². The summed E-state index contributed by atoms with van der Waals surface area (Å²) in [5.74, 6) is 0. The molecule has 0 aliphatic heterocycles. The van der Waals surface area contributed by atoms with Gasteiger partial charge in [0.2, 0.25) is 0 Å². The molecule has 9 rings (SSSR count). The Morgan fingerprint density at radius 2 is 0.959 bits per heavy atom. The van der Waals surface area contributed by atoms with E-state index >= 15 is 0 Å². The molecule has 0 spiro atoms. The lowest BCUT2D eigenvalue weighted by atomic mass is 9.84. The molecular weight excluding hydrogens is 595 g/mol. The first-order valence-electron chi connectivity index (χ1n) is 16.3. The fraction of sp³-hybridized carbons (Fsp3) is 0. The molecule has 0 bridgehead atoms. The van der Waals surface area contributed by atoms with E-state index in [0.29, 0.717) is 11.1 Å². The van der Waals surface area contributed by atoms with Crippen molar-refractivity contribution in [1.29, 1.82) is 10.5 Å². The Kier molecular flexibility index (Phi) is 6.58. The van der Waals surface area contributed by atoms with Gasteiger partial charge in [0.05, 0.1) is 34.3 Å². The van der Waals surface area contributed by atoms with Gasteiger partial charge in [-0.3, -0.25) is 0 Å². The topological polar surface area (TPSA) is 52.5 Å². The van der Waals surface area contributed by atoms with Crippen LogP contribution in [0.3, 0.4) is 0 Å². The minimum absolute atomic E-state index is 0.639. The second-order valence-corrected chi connectivity index (χ2v) is 12.3. The molecule has 0 saturated heterocycles. The van der Waals surface area contributed by atoms with Crippen LogP contribution in [-0.2, 0) is 0 Å². The van der Waals surface area contributed by atoms with Gasteiger partial charge in [-0.15, -0.1) is 0 Å². The highest BCUT2D eigenvalue weighted by atomic mass is 15.0. The Bertz CT molecular complexity index is 2770. The summed E-state index contributed by atoms with van der Waals surface area (Å²) >= 11 is 0. The molecule has 3 nitrogen and oxygen atoms in total. The quantitative estimate of drug-likeness (QED) is 0.184. The van der Waals surface area contributed by atoms with E-state index in [2.05, 4.69) is 138 Å². The third-order valence-corrected chi connectivity index (χ3v) is 9.66. The molecule has 0 saturated carbocycles. The van der Waals surface area contributed by atoms with Gasteiger partial charge in [-0.1, -0.05) is 121 Å². The van der Waals surface area contributed by atoms with Gasteiger partial charge in [0.1, 0.15) is 0 Å². The molecule has 49 heavy (non-hydrogen) atoms. The molecule has 0 fully saturated rings. The maximum absolute atomic E-state index is 10.6. The highest BCUT2D eigenvalue weighted by molar-refractivity contribution is 6.21. The average Bonchev–Trinajstić information content (AvgIpc) is 3.50. The van der Waals surface area contributed by atoms with Crippen molar-refractivity contribution in [2.45, 2.75) is 0 Å². The van der Waals surface area contributed by atoms with E-state index in [1.807, 2.05) is 42.5 Å². The molecule has 0 radical (unpaired) electrons. The van der Waals surface area contributed by atoms with E-state index in [1.54, 1.807) is 0 Å². The van der Waals surface area contributed by atoms with E-state index in [4.69, 9.17) is 0 Å². The molecule has 3 heteroatoms. The summed E-state index contributed by atoms with van der Waals surface area (Å²) in [6.45, 7) is 0. The van der Waals surface area contributed by atoms with E-state index in [-0.39, 0.29) is 0 Å². The molecule has 1 heterocycles. The molecule has 8 aromatic carbocycles. The van der Waals surface area contributed by atoms with Crippen LogP contribution in [0, 0.1) is 22.7 Å². The summed E-state index contributed by atoms with van der Waals surface area (Å²) in [5, 5.41) is 26.8. The van der Waals surface area contributed by atoms with E-state index in [1.165, 1.54) is 21.9 Å². The van der Waals surface area contributed by atoms with Gasteiger partial charge >= 0.3 is 0 Å². The van der Waals surface area contributed by atoms with Crippen LogP contribution in [0.2, 0.25) is 0 Å². The number of hydrogen-bond acceptors (Lipinski definition) is 2. The second kappa shape index (κ2) is 11.4. The van der Waals surface area contributed by atoms with Crippen LogP contribution in [-0.4, -0.2) is 4.57 Å². The number of aromatic nitrogens is 1. The average molecular weight is 622 g/mol. The number of rotatable bonds is 4. The Hall–Kier alpha value is -6.94. The van der Waals surface area contributed by atoms with Gasteiger partial charge in [0.25, 0.3) is 0 Å². The van der Waals surface area contributed by atoms with Crippen LogP contribution in [0.15, 0.2) is 164 Å². The van der Waals surface area contributed by atoms with Crippen molar-refractivity contribution in [3.63, 3.8) is 0 Å². The molecule has 226 valence electrons. The summed E-state index contributed by atoms with van der Waals surface area (Å²) in [7, 11) is 0. The van der Waals surface area contributed by atoms with Crippen LogP contribution in [0.4, 0.5) is 0 Å². The predicted octanol–water partition coefficient (Wildman–Crippen LogP) is 11.8. The van der Waals surface area contributed by atoms with Gasteiger partial charge in [-0.05, 0) is 91.8 Å². The fourth-order valence-corrected chi connectivity index (χ4v) is 7.49. The molecule has 0 aliphatic rings. The summed E-state index contributed by atoms with van der Waals surface area (Å²) in [6.07, 6.45) is 0. The monoisotopic (exact) mass is 621 g/mol. The van der Waals surface area contributed by atoms with Crippen molar-refractivity contribution < 1.29 is 0 Å². The van der Waals surface area contributed by atoms with E-state index in [0.717, 1.165) is 60.5 Å². The molecule has 0 aliphatic carbocycles. The number of nitriles is 2. The first-order valence-corrected chi connectivity index (χ1v) is 16.3. The molecule has 9 aromatic rings. The minimum Gasteiger partial charge on any atom is -0.309 e. The van der Waals surface area contributed by atoms with E-state index < -0.39 is 0 Å². The molecule has 0 atom stereocenters. The largest absolute Gasteiger partial charge is 0.309 e. The maximum atomic E-state index is 10.6. The van der Waals surface area contributed by atoms with Gasteiger partial charge < -0.3 is 4.57 Å². The standard InChI is InChI=1S/C46H27N3/c47-28-30-18-25-44-42(26-30)37-12-8-9-17-43(37)49(44)35-22-19-31(20-23-35)33-21-24-36(34(27-33)29-48)46-40-15-6-4-13-38(40)45(32-10-2-1-3-11-32)39-14-5-7-16-41(39)46/h1-27H. The third kappa shape index (κ3) is 4.49. The van der Waals surface area contributed by atoms with Crippen molar-refractivity contribution in [3.05, 3.63) is 175 Å². The predicted molar refractivity (Wildman–Crippen MR) is 202 cm³/mol. The van der Waals surface area contributed by atoms with Gasteiger partial charge in [-0.25, -0.2) is 0 Å². The molecule has 0 amide bonds. The van der Waals surface area contributed by atoms with Gasteiger partial charge in [0.15, 0.2) is 0 Å². The Balaban J connectivity index is 1.18. The summed E-state index contributed by atoms with van der Waals surface area (Å²) in [5.41, 5.74) is 10.9. The van der Waals surface area contributed by atoms with Crippen molar-refractivity contribution in [2.24, 2.45) is 0 Å². The number of hydrogen-bond donors (Lipinski definition) is 0. The maximum Gasteiger partial charge on any atom is 0.0998 e. The third-order valence-electron chi connectivity index (χ3n) is 9.66. The smallest absolute Gasteiger partial charge is 0.0998 e. The summed E-state index contributed by atoms with van der Waals surface area (Å²) in [4.78, 5) is 0. The zero-order valence-electron chi connectivity index (χ0n) is 26.4. The zero-order chi connectivity index (χ0) is 32.9. The zero-order valence-corrected chi connectivity index (χ0v) is 26.4. The summed E-state index contributed by atoms with van der Waals surface area (Å²) < 4.78 is 2.24. The lowest BCUT2D eigenvalue weighted by molar-refractivity contribution is 1.18. The number of para-hydroxylation sites is 1. The van der Waals surface area contributed by atoms with Crippen LogP contribution in [0.1, 0.15) is 11.1 Å². The first-order chi connectivity index (χ1) is 24.2. The van der Waals surface area contributed by atoms with Crippen molar-refractivity contribution in [2.75, 3.05) is 0 Å². The van der Waals surface area contributed by atoms with Crippen molar-refractivity contribution in [1.82, 2.24) is 4.57 Å². The highest BCUT2D eigenvalue weighted by Gasteiger charge is 2.19. The van der Waals surface area contributed by atoms with E-state index in [9.17, 15) is 10.5 Å². The molecule has 0 unspecified atom stereocenters. The normalized spacial score (nSPS) is 11.2. The highest BCUT2D eigenvalue weighted by Crippen LogP contribution is 2.45. The summed E-state index contributed by atoms with van der Waals surface area (Å²) in [6, 6.07) is 61.4.